The van der Waals surface area contributed by atoms with E-state index in [1.54, 1.807) is 0 Å². The molecule has 0 bridgehead atoms. The van der Waals surface area contributed by atoms with Gasteiger partial charge in [0.05, 0.1) is 23.0 Å². The van der Waals surface area contributed by atoms with Crippen molar-refractivity contribution in [2.45, 2.75) is 107 Å². The summed E-state index contributed by atoms with van der Waals surface area (Å²) in [6.45, 7) is 30.7. The second kappa shape index (κ2) is 18.4. The zero-order valence-electron chi connectivity index (χ0n) is 38.0. The molecule has 2 nitrogen and oxygen atoms in total. The van der Waals surface area contributed by atoms with E-state index < -0.39 is 18.0 Å². The summed E-state index contributed by atoms with van der Waals surface area (Å²) in [4.78, 5) is 0. The third-order valence-electron chi connectivity index (χ3n) is 11.6. The van der Waals surface area contributed by atoms with Crippen LogP contribution in [0.2, 0.25) is 13.1 Å². The van der Waals surface area contributed by atoms with E-state index in [0.717, 1.165) is 34.2 Å². The summed E-state index contributed by atoms with van der Waals surface area (Å²) in [5, 5.41) is 5.14. The van der Waals surface area contributed by atoms with Crippen molar-refractivity contribution < 1.29 is 26.8 Å². The van der Waals surface area contributed by atoms with Crippen molar-refractivity contribution in [2.75, 3.05) is 0 Å². The van der Waals surface area contributed by atoms with Gasteiger partial charge in [-0.05, 0) is 110 Å². The first kappa shape index (κ1) is 45.9. The molecular formula is C54H60Cl2O2SiZr-2. The van der Waals surface area contributed by atoms with Gasteiger partial charge in [-0.25, -0.2) is 0 Å². The fourth-order valence-electron chi connectivity index (χ4n) is 7.69. The number of fused-ring (bicyclic) bond motifs is 2. The van der Waals surface area contributed by atoms with Crippen LogP contribution in [0.3, 0.4) is 0 Å². The van der Waals surface area contributed by atoms with Crippen LogP contribution in [-0.2, 0) is 28.8 Å². The van der Waals surface area contributed by atoms with E-state index in [4.69, 9.17) is 25.9 Å². The summed E-state index contributed by atoms with van der Waals surface area (Å²) >= 11 is -1.65. The second-order valence-corrected chi connectivity index (χ2v) is 41.6. The zero-order valence-corrected chi connectivity index (χ0v) is 42.9. The first-order valence-electron chi connectivity index (χ1n) is 20.9. The van der Waals surface area contributed by atoms with Crippen LogP contribution in [0.25, 0.3) is 66.4 Å². The molecular weight excluding hydrogens is 871 g/mol. The number of benzene rings is 4. The minimum absolute atomic E-state index is 0.167. The third kappa shape index (κ3) is 10.3. The Labute approximate surface area is 374 Å². The average molecular weight is 931 g/mol. The van der Waals surface area contributed by atoms with Crippen LogP contribution in [0.15, 0.2) is 118 Å². The summed E-state index contributed by atoms with van der Waals surface area (Å²) in [6, 6.07) is 39.9. The number of halogens is 2. The molecule has 0 saturated heterocycles. The Kier molecular flexibility index (Phi) is 14.0. The van der Waals surface area contributed by atoms with Gasteiger partial charge in [-0.1, -0.05) is 123 Å². The van der Waals surface area contributed by atoms with Crippen LogP contribution in [0, 0.1) is 41.5 Å². The molecule has 0 aliphatic rings. The van der Waals surface area contributed by atoms with Crippen molar-refractivity contribution in [2.24, 2.45) is 0 Å². The van der Waals surface area contributed by atoms with Crippen molar-refractivity contribution in [1.82, 2.24) is 0 Å². The fourth-order valence-corrected chi connectivity index (χ4v) is 7.69. The molecule has 60 heavy (non-hydrogen) atoms. The van der Waals surface area contributed by atoms with Gasteiger partial charge in [0, 0.05) is 0 Å². The standard InChI is InChI=1S/2C26H27O.C2H6Si.2ClH.Zr/c2*1-16-13-20-14-21(24-12-7-17(2)27-24)15-23(20)25(18(16)3)19-8-10-22(11-9-19)26(4,5)6;1-3-2;;;/h2*7-15H,1-6H3;1-2H3;2*1H;/q2*-1;;;;+2/p-2. The van der Waals surface area contributed by atoms with Gasteiger partial charge in [-0.15, -0.1) is 57.9 Å². The van der Waals surface area contributed by atoms with Crippen molar-refractivity contribution in [3.63, 3.8) is 0 Å². The van der Waals surface area contributed by atoms with Crippen molar-refractivity contribution >= 4 is 44.0 Å². The molecule has 6 heteroatoms. The summed E-state index contributed by atoms with van der Waals surface area (Å²) in [6.07, 6.45) is 0. The minimum atomic E-state index is -1.65. The molecule has 8 rings (SSSR count). The molecule has 0 atom stereocenters. The zero-order chi connectivity index (χ0) is 43.8. The van der Waals surface area contributed by atoms with E-state index >= 15 is 0 Å². The van der Waals surface area contributed by atoms with Gasteiger partial charge in [0.2, 0.25) is 0 Å². The molecule has 0 aliphatic heterocycles. The van der Waals surface area contributed by atoms with E-state index in [9.17, 15) is 0 Å². The molecule has 0 amide bonds. The van der Waals surface area contributed by atoms with Gasteiger partial charge in [0.1, 0.15) is 0 Å². The monoisotopic (exact) mass is 928 g/mol. The fraction of sp³-hybridized carbons (Fsp3) is 0.296. The van der Waals surface area contributed by atoms with Gasteiger partial charge in [-0.2, -0.15) is 0 Å². The third-order valence-corrected chi connectivity index (χ3v) is 31.3. The maximum absolute atomic E-state index is 5.86. The SMILES string of the molecule is C[Si](C)=[Zr]([Cl])[Cl].Cc1ccc(-c2cc3c(-c4ccc(C(C)(C)C)cc4)c(C)c(C)cc3[cH-]2)o1.Cc1ccc(-c2cc3c(-c4ccc(C(C)(C)C)cc4)c(C)c(C)cc3[cH-]2)o1. The first-order chi connectivity index (χ1) is 28.1. The molecule has 0 N–H and O–H groups in total. The largest absolute Gasteiger partial charge is 0.496 e. The molecule has 0 saturated carbocycles. The first-order valence-corrected chi connectivity index (χ1v) is 33.4. The van der Waals surface area contributed by atoms with Crippen LogP contribution < -0.4 is 0 Å². The summed E-state index contributed by atoms with van der Waals surface area (Å²) in [5.74, 6) is 3.77. The van der Waals surface area contributed by atoms with Crippen molar-refractivity contribution in [3.8, 4) is 44.9 Å². The molecule has 312 valence electrons. The maximum atomic E-state index is 5.86. The van der Waals surface area contributed by atoms with Gasteiger partial charge < -0.3 is 8.83 Å². The number of aryl methyl sites for hydroxylation is 4. The average Bonchev–Trinajstić information content (AvgIpc) is 4.00. The topological polar surface area (TPSA) is 26.3 Å². The van der Waals surface area contributed by atoms with Gasteiger partial charge in [0.15, 0.2) is 0 Å². The van der Waals surface area contributed by atoms with Crippen LogP contribution >= 0.6 is 17.0 Å². The molecule has 2 heterocycles. The molecule has 0 radical (unpaired) electrons. The smallest absolute Gasteiger partial charge is 0.0896 e. The normalized spacial score (nSPS) is 11.7. The Morgan fingerprint density at radius 1 is 0.500 bits per heavy atom. The van der Waals surface area contributed by atoms with E-state index in [1.807, 2.05) is 26.0 Å². The van der Waals surface area contributed by atoms with Crippen LogP contribution in [0.1, 0.15) is 86.4 Å². The molecule has 2 aromatic heterocycles. The predicted octanol–water partition coefficient (Wildman–Crippen LogP) is 17.6. The number of furan rings is 2. The Morgan fingerprint density at radius 2 is 0.833 bits per heavy atom. The summed E-state index contributed by atoms with van der Waals surface area (Å²) < 4.78 is 11.7. The number of rotatable bonds is 4. The van der Waals surface area contributed by atoms with E-state index in [-0.39, 0.29) is 16.3 Å². The summed E-state index contributed by atoms with van der Waals surface area (Å²) in [5.41, 5.74) is 15.7. The molecule has 0 spiro atoms. The van der Waals surface area contributed by atoms with Crippen LogP contribution in [0.5, 0.6) is 0 Å². The quantitative estimate of drug-likeness (QED) is 0.130. The van der Waals surface area contributed by atoms with Crippen molar-refractivity contribution in [1.29, 1.82) is 0 Å². The van der Waals surface area contributed by atoms with Crippen LogP contribution in [-0.4, -0.2) is 5.43 Å². The van der Waals surface area contributed by atoms with Crippen molar-refractivity contribution in [3.05, 3.63) is 154 Å². The molecule has 6 aromatic carbocycles. The maximum Gasteiger partial charge on any atom is 0.0896 e. The van der Waals surface area contributed by atoms with E-state index in [2.05, 4.69) is 179 Å². The number of hydrogen-bond donors (Lipinski definition) is 0. The summed E-state index contributed by atoms with van der Waals surface area (Å²) in [7, 11) is 11.2. The van der Waals surface area contributed by atoms with Gasteiger partial charge in [-0.3, -0.25) is 0 Å². The Hall–Kier alpha value is -3.66. The Balaban J connectivity index is 0.000000177. The van der Waals surface area contributed by atoms with Gasteiger partial charge in [0.25, 0.3) is 0 Å². The molecule has 0 unspecified atom stereocenters. The number of hydrogen-bond acceptors (Lipinski definition) is 2. The predicted molar refractivity (Wildman–Crippen MR) is 260 cm³/mol. The molecule has 8 aromatic rings. The minimum Gasteiger partial charge on any atom is -0.496 e. The molecule has 0 aliphatic carbocycles. The Bertz CT molecular complexity index is 2610. The van der Waals surface area contributed by atoms with E-state index in [0.29, 0.717) is 0 Å². The van der Waals surface area contributed by atoms with Crippen LogP contribution in [0.4, 0.5) is 0 Å². The second-order valence-electron chi connectivity index (χ2n) is 18.6. The van der Waals surface area contributed by atoms with E-state index in [1.165, 1.54) is 77.2 Å². The Morgan fingerprint density at radius 3 is 1.10 bits per heavy atom. The molecule has 0 fully saturated rings. The van der Waals surface area contributed by atoms with Gasteiger partial charge >= 0.3 is 53.5 Å².